The average Bonchev–Trinajstić information content (AvgIpc) is 2.25. The van der Waals surface area contributed by atoms with E-state index in [1.54, 1.807) is 12.1 Å². The topological polar surface area (TPSA) is 81.0 Å². The van der Waals surface area contributed by atoms with E-state index in [0.717, 1.165) is 0 Å². The molecule has 3 N–H and O–H groups in total. The predicted octanol–water partition coefficient (Wildman–Crippen LogP) is 1.14. The van der Waals surface area contributed by atoms with Crippen molar-refractivity contribution in [2.24, 2.45) is 0 Å². The largest absolute Gasteiger partial charge is 0.452 e. The fourth-order valence-electron chi connectivity index (χ4n) is 1.09. The van der Waals surface area contributed by atoms with Crippen molar-refractivity contribution in [3.8, 4) is 11.5 Å². The van der Waals surface area contributed by atoms with E-state index in [4.69, 9.17) is 10.5 Å². The van der Waals surface area contributed by atoms with Crippen molar-refractivity contribution >= 4 is 5.69 Å². The van der Waals surface area contributed by atoms with E-state index < -0.39 is 5.69 Å². The Labute approximate surface area is 85.5 Å². The molecule has 0 aliphatic carbocycles. The van der Waals surface area contributed by atoms with Crippen LogP contribution in [-0.4, -0.2) is 9.97 Å². The fourth-order valence-corrected chi connectivity index (χ4v) is 1.09. The molecule has 1 aromatic carbocycles. The Morgan fingerprint density at radius 3 is 2.80 bits per heavy atom. The normalized spacial score (nSPS) is 9.87. The molecule has 15 heavy (non-hydrogen) atoms. The third-order valence-electron chi connectivity index (χ3n) is 1.79. The number of ether oxygens (including phenoxy) is 1. The molecule has 0 aliphatic rings. The number of aromatic nitrogens is 2. The summed E-state index contributed by atoms with van der Waals surface area (Å²) in [6.07, 6.45) is 2.77. The van der Waals surface area contributed by atoms with Crippen molar-refractivity contribution < 1.29 is 4.74 Å². The monoisotopic (exact) mass is 203 g/mol. The number of nitrogen functional groups attached to an aromatic ring is 1. The first-order chi connectivity index (χ1) is 7.25. The molecule has 0 bridgehead atoms. The van der Waals surface area contributed by atoms with Gasteiger partial charge in [0.05, 0.1) is 18.1 Å². The number of aromatic amines is 1. The summed E-state index contributed by atoms with van der Waals surface area (Å²) < 4.78 is 5.41. The second kappa shape index (κ2) is 3.83. The summed E-state index contributed by atoms with van der Waals surface area (Å²) >= 11 is 0. The number of benzene rings is 1. The van der Waals surface area contributed by atoms with Gasteiger partial charge in [-0.1, -0.05) is 12.1 Å². The Balaban J connectivity index is 2.26. The zero-order chi connectivity index (χ0) is 10.7. The van der Waals surface area contributed by atoms with Crippen LogP contribution in [0, 0.1) is 0 Å². The summed E-state index contributed by atoms with van der Waals surface area (Å²) in [5.74, 6) is 0.971. The molecule has 1 aromatic heterocycles. The molecule has 0 unspecified atom stereocenters. The molecule has 1 heterocycles. The number of nitrogens with one attached hydrogen (secondary N) is 1. The van der Waals surface area contributed by atoms with Gasteiger partial charge in [0.25, 0.3) is 0 Å². The van der Waals surface area contributed by atoms with E-state index in [9.17, 15) is 4.79 Å². The van der Waals surface area contributed by atoms with Crippen LogP contribution in [0.15, 0.2) is 41.5 Å². The molecule has 5 nitrogen and oxygen atoms in total. The minimum absolute atomic E-state index is 0.414. The minimum Gasteiger partial charge on any atom is -0.452 e. The van der Waals surface area contributed by atoms with Crippen LogP contribution >= 0.6 is 0 Å². The smallest absolute Gasteiger partial charge is 0.345 e. The SMILES string of the molecule is Nc1ccccc1Oc1cnc(=O)[nH]c1. The average molecular weight is 203 g/mol. The third kappa shape index (κ3) is 2.14. The van der Waals surface area contributed by atoms with Gasteiger partial charge in [0.2, 0.25) is 0 Å². The molecule has 0 amide bonds. The summed E-state index contributed by atoms with van der Waals surface area (Å²) in [5.41, 5.74) is 5.80. The van der Waals surface area contributed by atoms with Crippen LogP contribution < -0.4 is 16.2 Å². The van der Waals surface area contributed by atoms with Crippen molar-refractivity contribution in [1.29, 1.82) is 0 Å². The summed E-state index contributed by atoms with van der Waals surface area (Å²) in [4.78, 5) is 16.6. The van der Waals surface area contributed by atoms with Crippen LogP contribution in [0.5, 0.6) is 11.5 Å². The van der Waals surface area contributed by atoms with E-state index in [0.29, 0.717) is 17.2 Å². The van der Waals surface area contributed by atoms with Gasteiger partial charge >= 0.3 is 5.69 Å². The van der Waals surface area contributed by atoms with E-state index >= 15 is 0 Å². The molecular weight excluding hydrogens is 194 g/mol. The van der Waals surface area contributed by atoms with Crippen molar-refractivity contribution in [1.82, 2.24) is 9.97 Å². The lowest BCUT2D eigenvalue weighted by Crippen LogP contribution is -2.07. The van der Waals surface area contributed by atoms with Crippen LogP contribution in [-0.2, 0) is 0 Å². The van der Waals surface area contributed by atoms with E-state index in [2.05, 4.69) is 9.97 Å². The van der Waals surface area contributed by atoms with Gasteiger partial charge < -0.3 is 15.5 Å². The van der Waals surface area contributed by atoms with E-state index in [-0.39, 0.29) is 0 Å². The van der Waals surface area contributed by atoms with Gasteiger partial charge in [-0.3, -0.25) is 0 Å². The fraction of sp³-hybridized carbons (Fsp3) is 0. The van der Waals surface area contributed by atoms with Gasteiger partial charge in [-0.05, 0) is 12.1 Å². The molecule has 0 atom stereocenters. The number of rotatable bonds is 2. The first kappa shape index (κ1) is 9.26. The van der Waals surface area contributed by atoms with E-state index in [1.165, 1.54) is 12.4 Å². The van der Waals surface area contributed by atoms with Crippen molar-refractivity contribution in [2.45, 2.75) is 0 Å². The Morgan fingerprint density at radius 1 is 1.33 bits per heavy atom. The molecule has 2 rings (SSSR count). The molecule has 0 spiro atoms. The second-order valence-corrected chi connectivity index (χ2v) is 2.89. The maximum atomic E-state index is 10.7. The highest BCUT2D eigenvalue weighted by atomic mass is 16.5. The lowest BCUT2D eigenvalue weighted by molar-refractivity contribution is 0.479. The number of anilines is 1. The van der Waals surface area contributed by atoms with Crippen LogP contribution in [0.1, 0.15) is 0 Å². The number of para-hydroxylation sites is 2. The Hall–Kier alpha value is -2.30. The highest BCUT2D eigenvalue weighted by Gasteiger charge is 2.00. The number of hydrogen-bond acceptors (Lipinski definition) is 4. The number of H-pyrrole nitrogens is 1. The van der Waals surface area contributed by atoms with Crippen LogP contribution in [0.3, 0.4) is 0 Å². The zero-order valence-corrected chi connectivity index (χ0v) is 7.81. The molecule has 5 heteroatoms. The van der Waals surface area contributed by atoms with Crippen molar-refractivity contribution in [3.63, 3.8) is 0 Å². The Morgan fingerprint density at radius 2 is 2.13 bits per heavy atom. The van der Waals surface area contributed by atoms with Gasteiger partial charge in [-0.15, -0.1) is 0 Å². The summed E-state index contributed by atoms with van der Waals surface area (Å²) in [6.45, 7) is 0. The maximum Gasteiger partial charge on any atom is 0.345 e. The van der Waals surface area contributed by atoms with Crippen LogP contribution in [0.4, 0.5) is 5.69 Å². The lowest BCUT2D eigenvalue weighted by Gasteiger charge is -2.06. The second-order valence-electron chi connectivity index (χ2n) is 2.89. The van der Waals surface area contributed by atoms with Crippen molar-refractivity contribution in [3.05, 3.63) is 47.1 Å². The predicted molar refractivity (Wildman–Crippen MR) is 55.8 cm³/mol. The molecule has 0 saturated carbocycles. The van der Waals surface area contributed by atoms with Gasteiger partial charge in [0, 0.05) is 0 Å². The standard InChI is InChI=1S/C10H9N3O2/c11-8-3-1-2-4-9(8)15-7-5-12-10(14)13-6-7/h1-6H,11H2,(H,12,13,14). The highest BCUT2D eigenvalue weighted by molar-refractivity contribution is 5.53. The van der Waals surface area contributed by atoms with E-state index in [1.807, 2.05) is 12.1 Å². The highest BCUT2D eigenvalue weighted by Crippen LogP contribution is 2.25. The molecule has 2 aromatic rings. The number of hydrogen-bond donors (Lipinski definition) is 2. The van der Waals surface area contributed by atoms with Crippen molar-refractivity contribution in [2.75, 3.05) is 5.73 Å². The Kier molecular flexibility index (Phi) is 2.37. The maximum absolute atomic E-state index is 10.7. The van der Waals surface area contributed by atoms with Gasteiger partial charge in [0.1, 0.15) is 5.75 Å². The van der Waals surface area contributed by atoms with Gasteiger partial charge in [0.15, 0.2) is 5.75 Å². The first-order valence-corrected chi connectivity index (χ1v) is 4.33. The molecule has 0 fully saturated rings. The lowest BCUT2D eigenvalue weighted by atomic mass is 10.3. The summed E-state index contributed by atoms with van der Waals surface area (Å²) in [6, 6.07) is 7.09. The summed E-state index contributed by atoms with van der Waals surface area (Å²) in [5, 5.41) is 0. The minimum atomic E-state index is -0.414. The Bertz CT molecular complexity index is 502. The number of nitrogens with two attached hydrogens (primary N) is 1. The first-order valence-electron chi connectivity index (χ1n) is 4.33. The molecule has 0 radical (unpaired) electrons. The molecule has 0 saturated heterocycles. The van der Waals surface area contributed by atoms with Crippen LogP contribution in [0.2, 0.25) is 0 Å². The zero-order valence-electron chi connectivity index (χ0n) is 7.81. The quantitative estimate of drug-likeness (QED) is 0.717. The summed E-state index contributed by atoms with van der Waals surface area (Å²) in [7, 11) is 0. The van der Waals surface area contributed by atoms with Gasteiger partial charge in [-0.25, -0.2) is 4.79 Å². The third-order valence-corrected chi connectivity index (χ3v) is 1.79. The molecular formula is C10H9N3O2. The van der Waals surface area contributed by atoms with Crippen LogP contribution in [0.25, 0.3) is 0 Å². The number of nitrogens with zero attached hydrogens (tertiary/aromatic N) is 1. The van der Waals surface area contributed by atoms with Gasteiger partial charge in [-0.2, -0.15) is 4.98 Å². The molecule has 76 valence electrons. The molecule has 0 aliphatic heterocycles.